The van der Waals surface area contributed by atoms with Gasteiger partial charge in [-0.1, -0.05) is 5.16 Å². The summed E-state index contributed by atoms with van der Waals surface area (Å²) in [5, 5.41) is 22.2. The molecule has 1 aliphatic rings. The van der Waals surface area contributed by atoms with Gasteiger partial charge in [0.2, 0.25) is 5.91 Å². The van der Waals surface area contributed by atoms with Gasteiger partial charge in [-0.2, -0.15) is 18.4 Å². The largest absolute Gasteiger partial charge is 0.418 e. The van der Waals surface area contributed by atoms with Crippen LogP contribution in [0.1, 0.15) is 29.9 Å². The molecule has 1 atom stereocenters. The fourth-order valence-corrected chi connectivity index (χ4v) is 2.42. The van der Waals surface area contributed by atoms with E-state index in [0.717, 1.165) is 4.90 Å². The maximum atomic E-state index is 12.9. The smallest absolute Gasteiger partial charge is 0.379 e. The first kappa shape index (κ1) is 16.3. The summed E-state index contributed by atoms with van der Waals surface area (Å²) in [7, 11) is 0. The second-order valence-corrected chi connectivity index (χ2v) is 5.30. The topological polar surface area (TPSA) is 90.4 Å². The number of piperidine rings is 1. The Morgan fingerprint density at radius 1 is 1.59 bits per heavy atom. The number of likely N-dealkylation sites (tertiary alicyclic amines) is 1. The molecule has 1 saturated heterocycles. The fourth-order valence-electron chi connectivity index (χ4n) is 2.42. The maximum absolute atomic E-state index is 12.9. The Morgan fingerprint density at radius 2 is 2.27 bits per heavy atom. The van der Waals surface area contributed by atoms with Gasteiger partial charge in [0.15, 0.2) is 11.4 Å². The van der Waals surface area contributed by atoms with E-state index < -0.39 is 30.7 Å². The second-order valence-electron chi connectivity index (χ2n) is 5.30. The summed E-state index contributed by atoms with van der Waals surface area (Å²) >= 11 is 0. The van der Waals surface area contributed by atoms with Gasteiger partial charge < -0.3 is 14.5 Å². The SMILES string of the molecule is Cc1onc(CC(=O)N2CCCC(O)(C(F)(F)F)C2)c1C#N. The van der Waals surface area contributed by atoms with Crippen LogP contribution in [0.25, 0.3) is 0 Å². The third-order valence-electron chi connectivity index (χ3n) is 3.72. The number of carbonyl (C=O) groups excluding carboxylic acids is 1. The molecule has 0 bridgehead atoms. The number of nitriles is 1. The predicted molar refractivity (Wildman–Crippen MR) is 66.5 cm³/mol. The molecular weight excluding hydrogens is 303 g/mol. The van der Waals surface area contributed by atoms with Crippen LogP contribution in [0, 0.1) is 18.3 Å². The van der Waals surface area contributed by atoms with Crippen LogP contribution in [-0.4, -0.2) is 45.9 Å². The maximum Gasteiger partial charge on any atom is 0.418 e. The molecule has 1 aromatic rings. The first-order valence-corrected chi connectivity index (χ1v) is 6.60. The molecule has 1 aliphatic heterocycles. The number of β-amino-alcohol motifs (C(OH)–C–C–N with tert-alkyl or cyclic N) is 1. The number of rotatable bonds is 2. The number of alkyl halides is 3. The summed E-state index contributed by atoms with van der Waals surface area (Å²) in [6.45, 7) is 0.812. The van der Waals surface area contributed by atoms with E-state index in [1.54, 1.807) is 0 Å². The molecule has 2 heterocycles. The zero-order valence-electron chi connectivity index (χ0n) is 11.8. The first-order valence-electron chi connectivity index (χ1n) is 6.60. The number of aliphatic hydroxyl groups is 1. The summed E-state index contributed by atoms with van der Waals surface area (Å²) in [5.74, 6) is -0.386. The average molecular weight is 317 g/mol. The summed E-state index contributed by atoms with van der Waals surface area (Å²) in [4.78, 5) is 13.1. The van der Waals surface area contributed by atoms with Crippen molar-refractivity contribution in [2.24, 2.45) is 0 Å². The highest BCUT2D eigenvalue weighted by molar-refractivity contribution is 5.79. The molecule has 22 heavy (non-hydrogen) atoms. The van der Waals surface area contributed by atoms with E-state index in [-0.39, 0.29) is 36.4 Å². The summed E-state index contributed by atoms with van der Waals surface area (Å²) < 4.78 is 43.4. The Labute approximate surface area is 124 Å². The number of hydrogen-bond acceptors (Lipinski definition) is 5. The molecule has 120 valence electrons. The lowest BCUT2D eigenvalue weighted by molar-refractivity contribution is -0.272. The van der Waals surface area contributed by atoms with Gasteiger partial charge in [-0.3, -0.25) is 4.79 Å². The van der Waals surface area contributed by atoms with Gasteiger partial charge in [-0.15, -0.1) is 0 Å². The van der Waals surface area contributed by atoms with E-state index >= 15 is 0 Å². The van der Waals surface area contributed by atoms with Crippen molar-refractivity contribution >= 4 is 5.91 Å². The van der Waals surface area contributed by atoms with Gasteiger partial charge >= 0.3 is 6.18 Å². The summed E-state index contributed by atoms with van der Waals surface area (Å²) in [6, 6.07) is 1.84. The van der Waals surface area contributed by atoms with Crippen LogP contribution in [0.3, 0.4) is 0 Å². The van der Waals surface area contributed by atoms with Crippen molar-refractivity contribution in [3.63, 3.8) is 0 Å². The third-order valence-corrected chi connectivity index (χ3v) is 3.72. The normalized spacial score (nSPS) is 22.5. The summed E-state index contributed by atoms with van der Waals surface area (Å²) in [6.07, 6.45) is -5.53. The van der Waals surface area contributed by atoms with Gasteiger partial charge in [0, 0.05) is 6.54 Å². The molecule has 1 unspecified atom stereocenters. The van der Waals surface area contributed by atoms with Crippen molar-refractivity contribution in [2.45, 2.75) is 38.0 Å². The molecule has 0 spiro atoms. The first-order chi connectivity index (χ1) is 10.2. The predicted octanol–water partition coefficient (Wildman–Crippen LogP) is 1.31. The zero-order valence-corrected chi connectivity index (χ0v) is 11.8. The highest BCUT2D eigenvalue weighted by Gasteiger charge is 2.55. The van der Waals surface area contributed by atoms with Crippen LogP contribution in [0.5, 0.6) is 0 Å². The van der Waals surface area contributed by atoms with Gasteiger partial charge in [-0.05, 0) is 19.8 Å². The minimum absolute atomic E-state index is 0.0463. The number of aromatic nitrogens is 1. The lowest BCUT2D eigenvalue weighted by Gasteiger charge is -2.40. The molecule has 1 N–H and O–H groups in total. The van der Waals surface area contributed by atoms with Crippen LogP contribution in [0.4, 0.5) is 13.2 Å². The molecule has 1 fully saturated rings. The Balaban J connectivity index is 2.12. The van der Waals surface area contributed by atoms with Gasteiger partial charge in [0.1, 0.15) is 17.3 Å². The van der Waals surface area contributed by atoms with E-state index in [0.29, 0.717) is 0 Å². The van der Waals surface area contributed by atoms with Crippen molar-refractivity contribution in [1.82, 2.24) is 10.1 Å². The zero-order chi connectivity index (χ0) is 16.5. The molecule has 0 radical (unpaired) electrons. The van der Waals surface area contributed by atoms with E-state index in [1.165, 1.54) is 6.92 Å². The fraction of sp³-hybridized carbons (Fsp3) is 0.615. The number of halogens is 3. The quantitative estimate of drug-likeness (QED) is 0.888. The van der Waals surface area contributed by atoms with E-state index in [4.69, 9.17) is 9.78 Å². The molecule has 6 nitrogen and oxygen atoms in total. The minimum atomic E-state index is -4.80. The van der Waals surface area contributed by atoms with Crippen LogP contribution >= 0.6 is 0 Å². The Kier molecular flexibility index (Phi) is 4.15. The molecule has 0 aromatic carbocycles. The van der Waals surface area contributed by atoms with E-state index in [9.17, 15) is 23.1 Å². The minimum Gasteiger partial charge on any atom is -0.379 e. The van der Waals surface area contributed by atoms with Crippen molar-refractivity contribution in [3.8, 4) is 6.07 Å². The number of carbonyl (C=O) groups is 1. The van der Waals surface area contributed by atoms with Crippen LogP contribution < -0.4 is 0 Å². The molecule has 9 heteroatoms. The number of nitrogens with zero attached hydrogens (tertiary/aromatic N) is 3. The number of amides is 1. The Morgan fingerprint density at radius 3 is 2.86 bits per heavy atom. The third kappa shape index (κ3) is 2.92. The van der Waals surface area contributed by atoms with Crippen molar-refractivity contribution in [3.05, 3.63) is 17.0 Å². The molecular formula is C13H14F3N3O3. The highest BCUT2D eigenvalue weighted by atomic mass is 19.4. The molecule has 1 amide bonds. The standard InChI is InChI=1S/C13H14F3N3O3/c1-8-9(6-17)10(18-22-8)5-11(20)19-4-2-3-12(21,7-19)13(14,15)16/h21H,2-5,7H2,1H3. The number of hydrogen-bond donors (Lipinski definition) is 1. The highest BCUT2D eigenvalue weighted by Crippen LogP contribution is 2.37. The molecule has 0 aliphatic carbocycles. The van der Waals surface area contributed by atoms with E-state index in [2.05, 4.69) is 5.16 Å². The molecule has 1 aromatic heterocycles. The monoisotopic (exact) mass is 317 g/mol. The van der Waals surface area contributed by atoms with Gasteiger partial charge in [-0.25, -0.2) is 0 Å². The van der Waals surface area contributed by atoms with Crippen molar-refractivity contribution in [2.75, 3.05) is 13.1 Å². The lowest BCUT2D eigenvalue weighted by Crippen LogP contribution is -2.58. The Hall–Kier alpha value is -2.08. The Bertz CT molecular complexity index is 620. The van der Waals surface area contributed by atoms with Crippen LogP contribution in [-0.2, 0) is 11.2 Å². The molecule has 0 saturated carbocycles. The van der Waals surface area contributed by atoms with Crippen LogP contribution in [0.2, 0.25) is 0 Å². The molecule has 2 rings (SSSR count). The van der Waals surface area contributed by atoms with Crippen molar-refractivity contribution < 1.29 is 27.6 Å². The second kappa shape index (κ2) is 5.61. The van der Waals surface area contributed by atoms with Crippen molar-refractivity contribution in [1.29, 1.82) is 5.26 Å². The van der Waals surface area contributed by atoms with E-state index in [1.807, 2.05) is 6.07 Å². The van der Waals surface area contributed by atoms with Crippen LogP contribution in [0.15, 0.2) is 4.52 Å². The van der Waals surface area contributed by atoms with Gasteiger partial charge in [0.25, 0.3) is 0 Å². The summed E-state index contributed by atoms with van der Waals surface area (Å²) in [5.41, 5.74) is -2.69. The van der Waals surface area contributed by atoms with Gasteiger partial charge in [0.05, 0.1) is 13.0 Å². The lowest BCUT2D eigenvalue weighted by atomic mass is 9.92. The number of aryl methyl sites for hydroxylation is 1. The average Bonchev–Trinajstić information content (AvgIpc) is 2.77.